The highest BCUT2D eigenvalue weighted by Crippen LogP contribution is 2.31. The lowest BCUT2D eigenvalue weighted by Crippen LogP contribution is -2.53. The van der Waals surface area contributed by atoms with E-state index in [0.717, 1.165) is 13.1 Å². The number of ether oxygens (including phenoxy) is 3. The van der Waals surface area contributed by atoms with Gasteiger partial charge in [-0.25, -0.2) is 4.79 Å². The maximum atomic E-state index is 13.4. The van der Waals surface area contributed by atoms with Crippen LogP contribution >= 0.6 is 0 Å². The van der Waals surface area contributed by atoms with Crippen molar-refractivity contribution in [1.82, 2.24) is 15.5 Å². The Kier molecular flexibility index (Phi) is 8.51. The van der Waals surface area contributed by atoms with Gasteiger partial charge in [-0.1, -0.05) is 30.3 Å². The second-order valence-electron chi connectivity index (χ2n) is 9.53. The lowest BCUT2D eigenvalue weighted by molar-refractivity contribution is -0.136. The van der Waals surface area contributed by atoms with Crippen molar-refractivity contribution in [3.63, 3.8) is 0 Å². The van der Waals surface area contributed by atoms with Gasteiger partial charge in [-0.3, -0.25) is 9.69 Å². The molecule has 1 aromatic rings. The van der Waals surface area contributed by atoms with E-state index in [1.807, 2.05) is 39.0 Å². The second kappa shape index (κ2) is 11.1. The number of carbonyl (C=O) groups excluding carboxylic acids is 2. The van der Waals surface area contributed by atoms with Gasteiger partial charge in [0.2, 0.25) is 5.91 Å². The number of nitrogens with zero attached hydrogens (tertiary/aromatic N) is 1. The zero-order valence-corrected chi connectivity index (χ0v) is 19.5. The molecule has 3 rings (SSSR count). The van der Waals surface area contributed by atoms with Crippen LogP contribution in [0.1, 0.15) is 45.2 Å². The number of carbonyl (C=O) groups is 2. The summed E-state index contributed by atoms with van der Waals surface area (Å²) < 4.78 is 16.4. The fraction of sp³-hybridized carbons (Fsp3) is 0.667. The molecule has 0 bridgehead atoms. The molecule has 2 fully saturated rings. The van der Waals surface area contributed by atoms with Crippen LogP contribution in [-0.4, -0.2) is 75.1 Å². The smallest absolute Gasteiger partial charge is 0.407 e. The van der Waals surface area contributed by atoms with Gasteiger partial charge in [0.25, 0.3) is 0 Å². The molecule has 1 aromatic carbocycles. The largest absolute Gasteiger partial charge is 0.444 e. The summed E-state index contributed by atoms with van der Waals surface area (Å²) in [5, 5.41) is 6.00. The van der Waals surface area contributed by atoms with Crippen LogP contribution in [0.4, 0.5) is 4.79 Å². The van der Waals surface area contributed by atoms with Crippen molar-refractivity contribution < 1.29 is 23.8 Å². The van der Waals surface area contributed by atoms with Gasteiger partial charge in [0.05, 0.1) is 24.7 Å². The first kappa shape index (κ1) is 24.5. The number of morpholine rings is 1. The molecule has 0 aromatic heterocycles. The van der Waals surface area contributed by atoms with Gasteiger partial charge in [-0.15, -0.1) is 0 Å². The minimum Gasteiger partial charge on any atom is -0.444 e. The quantitative estimate of drug-likeness (QED) is 0.668. The Morgan fingerprint density at radius 3 is 2.28 bits per heavy atom. The molecule has 2 aliphatic rings. The molecule has 2 aliphatic heterocycles. The molecule has 1 atom stereocenters. The van der Waals surface area contributed by atoms with Gasteiger partial charge in [0, 0.05) is 39.4 Å². The standard InChI is InChI=1S/C24H37N3O5/c1-23(2,3)32-22(29)26-18-24(9-13-30-14-10-24)21(28)25-17-20(19-7-5-4-6-8-19)27-11-15-31-16-12-27/h4-8,20H,9-18H2,1-3H3,(H,25,28)(H,26,29)/t20-/m0/s1. The van der Waals surface area contributed by atoms with Crippen molar-refractivity contribution >= 4 is 12.0 Å². The van der Waals surface area contributed by atoms with Gasteiger partial charge in [0.1, 0.15) is 5.60 Å². The van der Waals surface area contributed by atoms with Gasteiger partial charge >= 0.3 is 6.09 Å². The van der Waals surface area contributed by atoms with Crippen LogP contribution < -0.4 is 10.6 Å². The predicted molar refractivity (Wildman–Crippen MR) is 121 cm³/mol. The topological polar surface area (TPSA) is 89.1 Å². The summed E-state index contributed by atoms with van der Waals surface area (Å²) in [6.07, 6.45) is 0.608. The number of benzene rings is 1. The first-order chi connectivity index (χ1) is 15.3. The number of nitrogens with one attached hydrogen (secondary N) is 2. The number of alkyl carbamates (subject to hydrolysis) is 1. The van der Waals surface area contributed by atoms with E-state index in [1.165, 1.54) is 5.56 Å². The van der Waals surface area contributed by atoms with Crippen LogP contribution in [0.15, 0.2) is 30.3 Å². The maximum Gasteiger partial charge on any atom is 0.407 e. The summed E-state index contributed by atoms with van der Waals surface area (Å²) >= 11 is 0. The molecule has 0 saturated carbocycles. The highest BCUT2D eigenvalue weighted by Gasteiger charge is 2.41. The highest BCUT2D eigenvalue weighted by molar-refractivity contribution is 5.83. The third-order valence-corrected chi connectivity index (χ3v) is 6.03. The summed E-state index contributed by atoms with van der Waals surface area (Å²) in [4.78, 5) is 28.0. The average Bonchev–Trinajstić information content (AvgIpc) is 2.79. The van der Waals surface area contributed by atoms with E-state index in [0.29, 0.717) is 45.8 Å². The third-order valence-electron chi connectivity index (χ3n) is 6.03. The van der Waals surface area contributed by atoms with Gasteiger partial charge < -0.3 is 24.8 Å². The Morgan fingerprint density at radius 1 is 1.03 bits per heavy atom. The van der Waals surface area contributed by atoms with Crippen LogP contribution in [0.2, 0.25) is 0 Å². The second-order valence-corrected chi connectivity index (χ2v) is 9.53. The van der Waals surface area contributed by atoms with Gasteiger partial charge in [-0.05, 0) is 39.2 Å². The van der Waals surface area contributed by atoms with E-state index in [2.05, 4.69) is 27.7 Å². The van der Waals surface area contributed by atoms with Crippen molar-refractivity contribution in [2.24, 2.45) is 5.41 Å². The van der Waals surface area contributed by atoms with Crippen LogP contribution in [0, 0.1) is 5.41 Å². The van der Waals surface area contributed by atoms with Gasteiger partial charge in [0.15, 0.2) is 0 Å². The van der Waals surface area contributed by atoms with Crippen LogP contribution in [-0.2, 0) is 19.0 Å². The van der Waals surface area contributed by atoms with Crippen molar-refractivity contribution in [2.45, 2.75) is 45.3 Å². The van der Waals surface area contributed by atoms with Crippen molar-refractivity contribution in [3.05, 3.63) is 35.9 Å². The molecule has 2 N–H and O–H groups in total. The number of hydrogen-bond donors (Lipinski definition) is 2. The van der Waals surface area contributed by atoms with E-state index in [1.54, 1.807) is 0 Å². The molecule has 32 heavy (non-hydrogen) atoms. The molecule has 0 radical (unpaired) electrons. The van der Waals surface area contributed by atoms with Gasteiger partial charge in [-0.2, -0.15) is 0 Å². The number of rotatable bonds is 7. The molecule has 0 spiro atoms. The molecule has 8 heteroatoms. The molecule has 2 amide bonds. The Bertz CT molecular complexity index is 738. The van der Waals surface area contributed by atoms with Crippen molar-refractivity contribution in [2.75, 3.05) is 52.6 Å². The van der Waals surface area contributed by atoms with Crippen molar-refractivity contribution in [3.8, 4) is 0 Å². The molecule has 178 valence electrons. The Labute approximate surface area is 191 Å². The predicted octanol–water partition coefficient (Wildman–Crippen LogP) is 2.50. The lowest BCUT2D eigenvalue weighted by Gasteiger charge is -2.38. The summed E-state index contributed by atoms with van der Waals surface area (Å²) in [6.45, 7) is 10.2. The average molecular weight is 448 g/mol. The minimum absolute atomic E-state index is 0.0500. The normalized spacial score (nSPS) is 20.2. The highest BCUT2D eigenvalue weighted by atomic mass is 16.6. The molecule has 2 saturated heterocycles. The summed E-state index contributed by atoms with van der Waals surface area (Å²) in [5.74, 6) is -0.0500. The molecule has 0 unspecified atom stereocenters. The molecule has 2 heterocycles. The zero-order valence-electron chi connectivity index (χ0n) is 19.5. The Morgan fingerprint density at radius 2 is 1.66 bits per heavy atom. The SMILES string of the molecule is CC(C)(C)OC(=O)NCC1(C(=O)NC[C@@H](c2ccccc2)N2CCOCC2)CCOCC1. The lowest BCUT2D eigenvalue weighted by atomic mass is 9.79. The van der Waals surface area contributed by atoms with E-state index in [4.69, 9.17) is 14.2 Å². The van der Waals surface area contributed by atoms with Crippen LogP contribution in [0.3, 0.4) is 0 Å². The summed E-state index contributed by atoms with van der Waals surface area (Å²) in [7, 11) is 0. The Hall–Kier alpha value is -2.16. The fourth-order valence-electron chi connectivity index (χ4n) is 4.20. The number of amides is 2. The van der Waals surface area contributed by atoms with Crippen LogP contribution in [0.25, 0.3) is 0 Å². The molecular formula is C24H37N3O5. The van der Waals surface area contributed by atoms with E-state index in [9.17, 15) is 9.59 Å². The van der Waals surface area contributed by atoms with E-state index < -0.39 is 17.1 Å². The summed E-state index contributed by atoms with van der Waals surface area (Å²) in [5.41, 5.74) is -0.125. The number of hydrogen-bond acceptors (Lipinski definition) is 6. The molecule has 8 nitrogen and oxygen atoms in total. The van der Waals surface area contributed by atoms with Crippen LogP contribution in [0.5, 0.6) is 0 Å². The van der Waals surface area contributed by atoms with E-state index >= 15 is 0 Å². The first-order valence-electron chi connectivity index (χ1n) is 11.5. The van der Waals surface area contributed by atoms with Crippen molar-refractivity contribution in [1.29, 1.82) is 0 Å². The maximum absolute atomic E-state index is 13.4. The third kappa shape index (κ3) is 6.92. The molecule has 0 aliphatic carbocycles. The summed E-state index contributed by atoms with van der Waals surface area (Å²) in [6, 6.07) is 10.3. The van der Waals surface area contributed by atoms with E-state index in [-0.39, 0.29) is 18.5 Å². The minimum atomic E-state index is -0.707. The zero-order chi connectivity index (χ0) is 23.0. The first-order valence-corrected chi connectivity index (χ1v) is 11.5. The Balaban J connectivity index is 1.66. The molecular weight excluding hydrogens is 410 g/mol. The fourth-order valence-corrected chi connectivity index (χ4v) is 4.20. The monoisotopic (exact) mass is 447 g/mol.